The van der Waals surface area contributed by atoms with Gasteiger partial charge in [0.25, 0.3) is 0 Å². The second-order valence-electron chi connectivity index (χ2n) is 2.45. The van der Waals surface area contributed by atoms with Gasteiger partial charge in [0.05, 0.1) is 0 Å². The van der Waals surface area contributed by atoms with Gasteiger partial charge in [-0.15, -0.1) is 0 Å². The predicted octanol–water partition coefficient (Wildman–Crippen LogP) is 1.75. The van der Waals surface area contributed by atoms with E-state index in [1.807, 2.05) is 19.1 Å². The fourth-order valence-corrected chi connectivity index (χ4v) is 0.916. The van der Waals surface area contributed by atoms with Crippen molar-refractivity contribution in [3.8, 4) is 5.75 Å². The summed E-state index contributed by atoms with van der Waals surface area (Å²) in [5.41, 5.74) is 1.89. The highest BCUT2D eigenvalue weighted by atomic mass is 16.3. The topological polar surface area (TPSA) is 32.6 Å². The number of nitrogens with zero attached hydrogens (tertiary/aromatic N) is 1. The quantitative estimate of drug-likeness (QED) is 0.606. The minimum absolute atomic E-state index is 0.279. The van der Waals surface area contributed by atoms with Crippen LogP contribution in [0.2, 0.25) is 0 Å². The van der Waals surface area contributed by atoms with Gasteiger partial charge in [-0.2, -0.15) is 0 Å². The van der Waals surface area contributed by atoms with E-state index in [0.29, 0.717) is 0 Å². The van der Waals surface area contributed by atoms with Crippen molar-refractivity contribution >= 4 is 6.21 Å². The molecular formula is C9H11NO. The Balaban J connectivity index is 3.12. The van der Waals surface area contributed by atoms with Gasteiger partial charge in [0.1, 0.15) is 5.75 Å². The van der Waals surface area contributed by atoms with Crippen LogP contribution >= 0.6 is 0 Å². The van der Waals surface area contributed by atoms with E-state index in [4.69, 9.17) is 0 Å². The number of rotatable bonds is 1. The molecule has 0 aliphatic carbocycles. The number of benzene rings is 1. The smallest absolute Gasteiger partial charge is 0.124 e. The first-order valence-electron chi connectivity index (χ1n) is 3.46. The van der Waals surface area contributed by atoms with Gasteiger partial charge in [-0.3, -0.25) is 4.99 Å². The van der Waals surface area contributed by atoms with Gasteiger partial charge in [0.15, 0.2) is 0 Å². The first-order chi connectivity index (χ1) is 5.24. The Morgan fingerprint density at radius 1 is 1.45 bits per heavy atom. The summed E-state index contributed by atoms with van der Waals surface area (Å²) in [6.45, 7) is 1.98. The summed E-state index contributed by atoms with van der Waals surface area (Å²) < 4.78 is 0. The molecule has 1 rings (SSSR count). The van der Waals surface area contributed by atoms with Crippen molar-refractivity contribution in [3.63, 3.8) is 0 Å². The van der Waals surface area contributed by atoms with Gasteiger partial charge < -0.3 is 5.11 Å². The van der Waals surface area contributed by atoms with E-state index in [-0.39, 0.29) is 5.75 Å². The SMILES string of the molecule is CN=Cc1cc(C)ccc1O. The number of aliphatic imine (C=N–C) groups is 1. The van der Waals surface area contributed by atoms with Gasteiger partial charge >= 0.3 is 0 Å². The maximum absolute atomic E-state index is 9.27. The fourth-order valence-electron chi connectivity index (χ4n) is 0.916. The summed E-state index contributed by atoms with van der Waals surface area (Å²) in [7, 11) is 1.68. The van der Waals surface area contributed by atoms with Crippen LogP contribution in [0.25, 0.3) is 0 Å². The number of phenols is 1. The molecule has 0 aromatic heterocycles. The molecule has 0 aliphatic rings. The second-order valence-corrected chi connectivity index (χ2v) is 2.45. The molecule has 58 valence electrons. The molecule has 1 N–H and O–H groups in total. The highest BCUT2D eigenvalue weighted by Gasteiger charge is 1.95. The van der Waals surface area contributed by atoms with E-state index in [0.717, 1.165) is 11.1 Å². The Morgan fingerprint density at radius 3 is 2.82 bits per heavy atom. The Bertz CT molecular complexity index is 279. The van der Waals surface area contributed by atoms with Crippen molar-refractivity contribution in [1.29, 1.82) is 0 Å². The van der Waals surface area contributed by atoms with Crippen LogP contribution in [0.1, 0.15) is 11.1 Å². The molecule has 0 saturated heterocycles. The molecule has 0 saturated carbocycles. The van der Waals surface area contributed by atoms with Gasteiger partial charge in [0, 0.05) is 18.8 Å². The molecule has 0 aliphatic heterocycles. The molecule has 0 spiro atoms. The molecule has 1 aromatic carbocycles. The zero-order valence-corrected chi connectivity index (χ0v) is 6.70. The van der Waals surface area contributed by atoms with Crippen LogP contribution < -0.4 is 0 Å². The van der Waals surface area contributed by atoms with Crippen molar-refractivity contribution in [2.24, 2.45) is 4.99 Å². The third-order valence-electron chi connectivity index (χ3n) is 1.45. The Kier molecular flexibility index (Phi) is 2.26. The summed E-state index contributed by atoms with van der Waals surface area (Å²) in [6, 6.07) is 5.43. The summed E-state index contributed by atoms with van der Waals surface area (Å²) >= 11 is 0. The van der Waals surface area contributed by atoms with Gasteiger partial charge in [0.2, 0.25) is 0 Å². The zero-order valence-electron chi connectivity index (χ0n) is 6.70. The minimum Gasteiger partial charge on any atom is -0.507 e. The molecule has 0 fully saturated rings. The van der Waals surface area contributed by atoms with Crippen molar-refractivity contribution in [1.82, 2.24) is 0 Å². The van der Waals surface area contributed by atoms with E-state index in [1.54, 1.807) is 19.3 Å². The van der Waals surface area contributed by atoms with E-state index in [1.165, 1.54) is 0 Å². The average Bonchev–Trinajstić information content (AvgIpc) is 1.98. The van der Waals surface area contributed by atoms with E-state index < -0.39 is 0 Å². The molecule has 11 heavy (non-hydrogen) atoms. The molecule has 0 radical (unpaired) electrons. The summed E-state index contributed by atoms with van der Waals surface area (Å²) in [5.74, 6) is 0.279. The van der Waals surface area contributed by atoms with Gasteiger partial charge in [-0.1, -0.05) is 11.6 Å². The largest absolute Gasteiger partial charge is 0.507 e. The number of hydrogen-bond donors (Lipinski definition) is 1. The van der Waals surface area contributed by atoms with Gasteiger partial charge in [-0.25, -0.2) is 0 Å². The number of hydrogen-bond acceptors (Lipinski definition) is 2. The number of phenolic OH excluding ortho intramolecular Hbond substituents is 1. The monoisotopic (exact) mass is 149 g/mol. The van der Waals surface area contributed by atoms with Crippen LogP contribution in [0, 0.1) is 6.92 Å². The molecule has 2 nitrogen and oxygen atoms in total. The maximum atomic E-state index is 9.27. The Morgan fingerprint density at radius 2 is 2.18 bits per heavy atom. The first kappa shape index (κ1) is 7.79. The second kappa shape index (κ2) is 3.19. The lowest BCUT2D eigenvalue weighted by atomic mass is 10.1. The maximum Gasteiger partial charge on any atom is 0.124 e. The molecule has 0 atom stereocenters. The summed E-state index contributed by atoms with van der Waals surface area (Å²) in [5, 5.41) is 9.27. The van der Waals surface area contributed by atoms with Crippen LogP contribution in [-0.2, 0) is 0 Å². The van der Waals surface area contributed by atoms with Crippen LogP contribution in [0.3, 0.4) is 0 Å². The molecular weight excluding hydrogens is 138 g/mol. The molecule has 0 heterocycles. The average molecular weight is 149 g/mol. The Labute approximate surface area is 66.2 Å². The first-order valence-corrected chi connectivity index (χ1v) is 3.46. The van der Waals surface area contributed by atoms with Crippen molar-refractivity contribution in [3.05, 3.63) is 29.3 Å². The predicted molar refractivity (Wildman–Crippen MR) is 46.4 cm³/mol. The Hall–Kier alpha value is -1.31. The minimum atomic E-state index is 0.279. The lowest BCUT2D eigenvalue weighted by Crippen LogP contribution is -1.83. The summed E-state index contributed by atoms with van der Waals surface area (Å²) in [4.78, 5) is 3.82. The number of aryl methyl sites for hydroxylation is 1. The fraction of sp³-hybridized carbons (Fsp3) is 0.222. The zero-order chi connectivity index (χ0) is 8.27. The van der Waals surface area contributed by atoms with Crippen LogP contribution in [0.5, 0.6) is 5.75 Å². The molecule has 0 amide bonds. The third-order valence-corrected chi connectivity index (χ3v) is 1.45. The standard InChI is InChI=1S/C9H11NO/c1-7-3-4-9(11)8(5-7)6-10-2/h3-6,11H,1-2H3. The lowest BCUT2D eigenvalue weighted by molar-refractivity contribution is 0.474. The van der Waals surface area contributed by atoms with E-state index in [9.17, 15) is 5.11 Å². The van der Waals surface area contributed by atoms with E-state index >= 15 is 0 Å². The van der Waals surface area contributed by atoms with Crippen LogP contribution in [0.15, 0.2) is 23.2 Å². The highest BCUT2D eigenvalue weighted by Crippen LogP contribution is 2.15. The van der Waals surface area contributed by atoms with Crippen molar-refractivity contribution < 1.29 is 5.11 Å². The normalized spacial score (nSPS) is 10.7. The highest BCUT2D eigenvalue weighted by molar-refractivity contribution is 5.83. The molecule has 2 heteroatoms. The van der Waals surface area contributed by atoms with Crippen molar-refractivity contribution in [2.45, 2.75) is 6.92 Å². The van der Waals surface area contributed by atoms with Crippen molar-refractivity contribution in [2.75, 3.05) is 7.05 Å². The van der Waals surface area contributed by atoms with E-state index in [2.05, 4.69) is 4.99 Å². The molecule has 1 aromatic rings. The molecule has 0 unspecified atom stereocenters. The summed E-state index contributed by atoms with van der Waals surface area (Å²) in [6.07, 6.45) is 1.64. The number of aromatic hydroxyl groups is 1. The van der Waals surface area contributed by atoms with Crippen LogP contribution in [0.4, 0.5) is 0 Å². The van der Waals surface area contributed by atoms with Gasteiger partial charge in [-0.05, 0) is 19.1 Å². The lowest BCUT2D eigenvalue weighted by Gasteiger charge is -1.98. The molecule has 0 bridgehead atoms. The van der Waals surface area contributed by atoms with Crippen LogP contribution in [-0.4, -0.2) is 18.4 Å². The third kappa shape index (κ3) is 1.80.